The van der Waals surface area contributed by atoms with Gasteiger partial charge in [0.15, 0.2) is 0 Å². The molecule has 0 saturated carbocycles. The average Bonchev–Trinajstić information content (AvgIpc) is 3.16. The van der Waals surface area contributed by atoms with E-state index in [0.717, 1.165) is 6.42 Å². The fourth-order valence-electron chi connectivity index (χ4n) is 2.81. The normalized spacial score (nSPS) is 16.0. The number of nitrogens with two attached hydrogens (primary N) is 1. The third kappa shape index (κ3) is 4.97. The lowest BCUT2D eigenvalue weighted by molar-refractivity contribution is -0.142. The summed E-state index contributed by atoms with van der Waals surface area (Å²) in [5.74, 6) is -0.612. The molecule has 1 aliphatic heterocycles. The molecule has 8 heteroatoms. The highest BCUT2D eigenvalue weighted by Gasteiger charge is 2.34. The van der Waals surface area contributed by atoms with Crippen LogP contribution in [-0.2, 0) is 9.53 Å². The second kappa shape index (κ2) is 9.36. The summed E-state index contributed by atoms with van der Waals surface area (Å²) in [6.45, 7) is 6.86. The summed E-state index contributed by atoms with van der Waals surface area (Å²) in [6, 6.07) is 5.38. The number of nitrogens with zero attached hydrogens (tertiary/aromatic N) is 2. The van der Waals surface area contributed by atoms with Crippen LogP contribution in [0.4, 0.5) is 10.5 Å². The number of nitrogens with one attached hydrogen (secondary N) is 1. The number of esters is 1. The van der Waals surface area contributed by atoms with Crippen LogP contribution in [0, 0.1) is 5.92 Å². The molecule has 1 heterocycles. The number of hydrogen-bond donors (Lipinski definition) is 2. The van der Waals surface area contributed by atoms with E-state index in [2.05, 4.69) is 5.32 Å². The van der Waals surface area contributed by atoms with E-state index in [0.29, 0.717) is 37.4 Å². The maximum atomic E-state index is 12.6. The van der Waals surface area contributed by atoms with Crippen LogP contribution >= 0.6 is 0 Å². The van der Waals surface area contributed by atoms with Crippen molar-refractivity contribution in [1.29, 1.82) is 0 Å². The van der Waals surface area contributed by atoms with Crippen LogP contribution in [-0.4, -0.2) is 53.7 Å². The van der Waals surface area contributed by atoms with Gasteiger partial charge in [0, 0.05) is 18.8 Å². The lowest BCUT2D eigenvalue weighted by atomic mass is 9.99. The van der Waals surface area contributed by atoms with E-state index in [9.17, 15) is 14.4 Å². The first-order valence-corrected chi connectivity index (χ1v) is 9.31. The Morgan fingerprint density at radius 1 is 1.15 bits per heavy atom. The van der Waals surface area contributed by atoms with Gasteiger partial charge >= 0.3 is 12.0 Å². The first-order chi connectivity index (χ1) is 12.9. The largest absolute Gasteiger partial charge is 0.462 e. The van der Waals surface area contributed by atoms with E-state index in [1.54, 1.807) is 31.2 Å². The van der Waals surface area contributed by atoms with E-state index < -0.39 is 18.0 Å². The van der Waals surface area contributed by atoms with Crippen molar-refractivity contribution in [2.24, 2.45) is 11.7 Å². The molecule has 0 spiro atoms. The molecule has 0 aromatic heterocycles. The Morgan fingerprint density at radius 3 is 2.37 bits per heavy atom. The van der Waals surface area contributed by atoms with Crippen LogP contribution in [0.25, 0.3) is 0 Å². The van der Waals surface area contributed by atoms with Gasteiger partial charge in [0.1, 0.15) is 0 Å². The zero-order chi connectivity index (χ0) is 20.0. The summed E-state index contributed by atoms with van der Waals surface area (Å²) in [7, 11) is 0. The Bertz CT molecular complexity index is 677. The van der Waals surface area contributed by atoms with Crippen LogP contribution in [0.1, 0.15) is 44.0 Å². The maximum Gasteiger partial charge on any atom is 0.340 e. The van der Waals surface area contributed by atoms with Gasteiger partial charge in [0.05, 0.1) is 18.2 Å². The van der Waals surface area contributed by atoms with Crippen molar-refractivity contribution < 1.29 is 19.1 Å². The van der Waals surface area contributed by atoms with Gasteiger partial charge in [0.25, 0.3) is 5.91 Å². The molecule has 0 bridgehead atoms. The molecule has 1 aliphatic rings. The van der Waals surface area contributed by atoms with Crippen molar-refractivity contribution in [3.8, 4) is 0 Å². The molecule has 3 amide bonds. The number of ether oxygens (including phenoxy) is 1. The van der Waals surface area contributed by atoms with E-state index >= 15 is 0 Å². The highest BCUT2D eigenvalue weighted by atomic mass is 16.5. The molecule has 27 heavy (non-hydrogen) atoms. The molecule has 3 N–H and O–H groups in total. The standard InChI is InChI=1S/C19H28N4O4/c1-4-13(3)16(20)17(24)22-11-6-12-23(22)19(26)21-15-9-7-14(8-10-15)18(25)27-5-2/h7-10,13,16H,4-6,11-12,20H2,1-3H3,(H,21,26)/t13?,16-/m0/s1. The fraction of sp³-hybridized carbons (Fsp3) is 0.526. The molecular formula is C19H28N4O4. The van der Waals surface area contributed by atoms with Crippen LogP contribution in [0.15, 0.2) is 24.3 Å². The quantitative estimate of drug-likeness (QED) is 0.741. The van der Waals surface area contributed by atoms with E-state index in [1.807, 2.05) is 13.8 Å². The molecule has 148 valence electrons. The topological polar surface area (TPSA) is 105 Å². The Kier molecular flexibility index (Phi) is 7.18. The monoisotopic (exact) mass is 376 g/mol. The number of carbonyl (C=O) groups is 3. The molecule has 2 rings (SSSR count). The van der Waals surface area contributed by atoms with Gasteiger partial charge < -0.3 is 15.8 Å². The smallest absolute Gasteiger partial charge is 0.340 e. The zero-order valence-corrected chi connectivity index (χ0v) is 16.1. The molecule has 1 unspecified atom stereocenters. The highest BCUT2D eigenvalue weighted by Crippen LogP contribution is 2.18. The number of amides is 3. The van der Waals surface area contributed by atoms with Crippen molar-refractivity contribution in [2.75, 3.05) is 25.0 Å². The summed E-state index contributed by atoms with van der Waals surface area (Å²) in [6.07, 6.45) is 1.49. The number of hydrazine groups is 1. The Hall–Kier alpha value is -2.61. The molecule has 0 radical (unpaired) electrons. The lowest BCUT2D eigenvalue weighted by Crippen LogP contribution is -2.53. The van der Waals surface area contributed by atoms with Crippen LogP contribution in [0.3, 0.4) is 0 Å². The first-order valence-electron chi connectivity index (χ1n) is 9.31. The van der Waals surface area contributed by atoms with Crippen molar-refractivity contribution in [1.82, 2.24) is 10.0 Å². The number of rotatable bonds is 6. The van der Waals surface area contributed by atoms with Gasteiger partial charge in [-0.05, 0) is 43.5 Å². The predicted octanol–water partition coefficient (Wildman–Crippen LogP) is 2.22. The molecule has 8 nitrogen and oxygen atoms in total. The van der Waals surface area contributed by atoms with Crippen LogP contribution < -0.4 is 11.1 Å². The van der Waals surface area contributed by atoms with Gasteiger partial charge in [0.2, 0.25) is 0 Å². The van der Waals surface area contributed by atoms with E-state index in [4.69, 9.17) is 10.5 Å². The molecule has 1 fully saturated rings. The van der Waals surface area contributed by atoms with Crippen LogP contribution in [0.5, 0.6) is 0 Å². The Labute approximate surface area is 159 Å². The molecule has 1 aromatic rings. The Balaban J connectivity index is 2.02. The molecule has 0 aliphatic carbocycles. The van der Waals surface area contributed by atoms with Gasteiger partial charge in [-0.15, -0.1) is 0 Å². The lowest BCUT2D eigenvalue weighted by Gasteiger charge is -2.31. The summed E-state index contributed by atoms with van der Waals surface area (Å²) in [5.41, 5.74) is 6.98. The second-order valence-corrected chi connectivity index (χ2v) is 6.58. The summed E-state index contributed by atoms with van der Waals surface area (Å²) in [4.78, 5) is 36.9. The van der Waals surface area contributed by atoms with Crippen LogP contribution in [0.2, 0.25) is 0 Å². The molecule has 1 aromatic carbocycles. The minimum Gasteiger partial charge on any atom is -0.462 e. The predicted molar refractivity (Wildman–Crippen MR) is 102 cm³/mol. The minimum atomic E-state index is -0.632. The molecule has 2 atom stereocenters. The maximum absolute atomic E-state index is 12.6. The van der Waals surface area contributed by atoms with Gasteiger partial charge in [-0.25, -0.2) is 19.6 Å². The fourth-order valence-corrected chi connectivity index (χ4v) is 2.81. The van der Waals surface area contributed by atoms with Crippen molar-refractivity contribution >= 4 is 23.6 Å². The van der Waals surface area contributed by atoms with Crippen molar-refractivity contribution in [3.05, 3.63) is 29.8 Å². The van der Waals surface area contributed by atoms with E-state index in [1.165, 1.54) is 10.0 Å². The van der Waals surface area contributed by atoms with E-state index in [-0.39, 0.29) is 11.8 Å². The Morgan fingerprint density at radius 2 is 1.78 bits per heavy atom. The number of urea groups is 1. The first kappa shape index (κ1) is 20.7. The van der Waals surface area contributed by atoms with Gasteiger partial charge in [-0.1, -0.05) is 20.3 Å². The highest BCUT2D eigenvalue weighted by molar-refractivity contribution is 5.93. The van der Waals surface area contributed by atoms with Crippen molar-refractivity contribution in [2.45, 2.75) is 39.7 Å². The van der Waals surface area contributed by atoms with Gasteiger partial charge in [-0.3, -0.25) is 4.79 Å². The summed E-state index contributed by atoms with van der Waals surface area (Å²) in [5, 5.41) is 5.57. The SMILES string of the molecule is CCOC(=O)c1ccc(NC(=O)N2CCCN2C(=O)[C@@H](N)C(C)CC)cc1. The second-order valence-electron chi connectivity index (χ2n) is 6.58. The third-order valence-corrected chi connectivity index (χ3v) is 4.71. The summed E-state index contributed by atoms with van der Waals surface area (Å²) >= 11 is 0. The minimum absolute atomic E-state index is 0.0402. The third-order valence-electron chi connectivity index (χ3n) is 4.71. The molecular weight excluding hydrogens is 348 g/mol. The zero-order valence-electron chi connectivity index (χ0n) is 16.1. The van der Waals surface area contributed by atoms with Gasteiger partial charge in [-0.2, -0.15) is 0 Å². The number of carbonyl (C=O) groups excluding carboxylic acids is 3. The summed E-state index contributed by atoms with van der Waals surface area (Å²) < 4.78 is 4.93. The average molecular weight is 376 g/mol. The number of hydrogen-bond acceptors (Lipinski definition) is 5. The van der Waals surface area contributed by atoms with Crippen molar-refractivity contribution in [3.63, 3.8) is 0 Å². The molecule has 1 saturated heterocycles. The number of benzene rings is 1. The number of anilines is 1.